The molecule has 1 aliphatic rings. The van der Waals surface area contributed by atoms with Crippen molar-refractivity contribution in [2.75, 3.05) is 0 Å². The van der Waals surface area contributed by atoms with E-state index in [0.29, 0.717) is 5.70 Å². The van der Waals surface area contributed by atoms with Crippen LogP contribution in [0.3, 0.4) is 0 Å². The molecule has 0 bridgehead atoms. The van der Waals surface area contributed by atoms with E-state index in [9.17, 15) is 4.79 Å². The first-order valence-electron chi connectivity index (χ1n) is 4.04. The summed E-state index contributed by atoms with van der Waals surface area (Å²) in [7, 11) is 0. The van der Waals surface area contributed by atoms with Crippen molar-refractivity contribution in [3.63, 3.8) is 0 Å². The van der Waals surface area contributed by atoms with Gasteiger partial charge in [-0.1, -0.05) is 19.9 Å². The van der Waals surface area contributed by atoms with Gasteiger partial charge in [-0.3, -0.25) is 4.79 Å². The third kappa shape index (κ3) is 1.31. The molecule has 0 amide bonds. The highest BCUT2D eigenvalue weighted by Crippen LogP contribution is 2.59. The molecule has 0 aromatic carbocycles. The Morgan fingerprint density at radius 1 is 1.58 bits per heavy atom. The van der Waals surface area contributed by atoms with Crippen LogP contribution >= 0.6 is 0 Å². The summed E-state index contributed by atoms with van der Waals surface area (Å²) in [5.74, 6) is -0.863. The monoisotopic (exact) mass is 169 g/mol. The van der Waals surface area contributed by atoms with Gasteiger partial charge in [0.1, 0.15) is 0 Å². The molecule has 3 nitrogen and oxygen atoms in total. The van der Waals surface area contributed by atoms with E-state index >= 15 is 0 Å². The fourth-order valence-corrected chi connectivity index (χ4v) is 1.74. The molecule has 0 aliphatic heterocycles. The molecule has 1 saturated carbocycles. The van der Waals surface area contributed by atoms with Gasteiger partial charge in [-0.15, -0.1) is 0 Å². The molecular weight excluding hydrogens is 154 g/mol. The molecule has 0 aromatic heterocycles. The summed E-state index contributed by atoms with van der Waals surface area (Å²) < 4.78 is 0. The molecule has 68 valence electrons. The maximum atomic E-state index is 10.7. The molecule has 0 heterocycles. The standard InChI is InChI=1S/C9H15NO2/c1-5(10)4-6-7(8(11)12)9(6,2)3/h4,6-7H,10H2,1-3H3,(H,11,12)/b5-4+. The lowest BCUT2D eigenvalue weighted by atomic mass is 10.1. The van der Waals surface area contributed by atoms with Gasteiger partial charge in [0.15, 0.2) is 0 Å². The second-order valence-corrected chi connectivity index (χ2v) is 4.07. The second kappa shape index (κ2) is 2.51. The van der Waals surface area contributed by atoms with E-state index in [2.05, 4.69) is 0 Å². The van der Waals surface area contributed by atoms with E-state index in [1.165, 1.54) is 0 Å². The molecule has 3 N–H and O–H groups in total. The fourth-order valence-electron chi connectivity index (χ4n) is 1.74. The van der Waals surface area contributed by atoms with E-state index in [1.54, 1.807) is 6.92 Å². The Morgan fingerprint density at radius 2 is 2.08 bits per heavy atom. The van der Waals surface area contributed by atoms with Crippen molar-refractivity contribution in [2.45, 2.75) is 20.8 Å². The highest BCUT2D eigenvalue weighted by molar-refractivity contribution is 5.76. The van der Waals surface area contributed by atoms with Crippen LogP contribution < -0.4 is 5.73 Å². The minimum atomic E-state index is -0.720. The van der Waals surface area contributed by atoms with Gasteiger partial charge in [-0.2, -0.15) is 0 Å². The highest BCUT2D eigenvalue weighted by Gasteiger charge is 2.60. The van der Waals surface area contributed by atoms with Crippen LogP contribution in [0.4, 0.5) is 0 Å². The lowest BCUT2D eigenvalue weighted by molar-refractivity contribution is -0.139. The van der Waals surface area contributed by atoms with E-state index in [1.807, 2.05) is 19.9 Å². The third-order valence-electron chi connectivity index (χ3n) is 2.62. The number of hydrogen-bond donors (Lipinski definition) is 2. The van der Waals surface area contributed by atoms with Crippen molar-refractivity contribution >= 4 is 5.97 Å². The minimum absolute atomic E-state index is 0.111. The number of hydrogen-bond acceptors (Lipinski definition) is 2. The molecule has 12 heavy (non-hydrogen) atoms. The van der Waals surface area contributed by atoms with Crippen LogP contribution in [0.1, 0.15) is 20.8 Å². The van der Waals surface area contributed by atoms with Gasteiger partial charge in [-0.05, 0) is 18.3 Å². The van der Waals surface area contributed by atoms with Gasteiger partial charge >= 0.3 is 5.97 Å². The molecule has 0 spiro atoms. The van der Waals surface area contributed by atoms with Crippen LogP contribution in [0, 0.1) is 17.3 Å². The third-order valence-corrected chi connectivity index (χ3v) is 2.62. The zero-order valence-electron chi connectivity index (χ0n) is 7.66. The molecule has 0 saturated heterocycles. The number of carbonyl (C=O) groups is 1. The molecule has 0 radical (unpaired) electrons. The Hall–Kier alpha value is -0.990. The quantitative estimate of drug-likeness (QED) is 0.653. The van der Waals surface area contributed by atoms with E-state index < -0.39 is 5.97 Å². The van der Waals surface area contributed by atoms with E-state index in [4.69, 9.17) is 10.8 Å². The largest absolute Gasteiger partial charge is 0.481 e. The summed E-state index contributed by atoms with van der Waals surface area (Å²) >= 11 is 0. The van der Waals surface area contributed by atoms with E-state index in [-0.39, 0.29) is 17.3 Å². The number of rotatable bonds is 2. The Bertz CT molecular complexity index is 239. The van der Waals surface area contributed by atoms with Crippen LogP contribution in [0.25, 0.3) is 0 Å². The van der Waals surface area contributed by atoms with Crippen LogP contribution in [0.15, 0.2) is 11.8 Å². The van der Waals surface area contributed by atoms with Crippen molar-refractivity contribution < 1.29 is 9.90 Å². The van der Waals surface area contributed by atoms with Crippen LogP contribution in [-0.4, -0.2) is 11.1 Å². The zero-order valence-corrected chi connectivity index (χ0v) is 7.66. The van der Waals surface area contributed by atoms with Crippen LogP contribution in [0.2, 0.25) is 0 Å². The molecular formula is C9H15NO2. The van der Waals surface area contributed by atoms with Crippen molar-refractivity contribution in [1.82, 2.24) is 0 Å². The summed E-state index contributed by atoms with van der Waals surface area (Å²) in [5.41, 5.74) is 6.07. The van der Waals surface area contributed by atoms with Crippen LogP contribution in [0.5, 0.6) is 0 Å². The Kier molecular flexibility index (Phi) is 1.90. The lowest BCUT2D eigenvalue weighted by Gasteiger charge is -1.96. The molecule has 2 unspecified atom stereocenters. The maximum Gasteiger partial charge on any atom is 0.307 e. The normalized spacial score (nSPS) is 33.1. The first-order chi connectivity index (χ1) is 5.37. The summed E-state index contributed by atoms with van der Waals surface area (Å²) in [6, 6.07) is 0. The molecule has 0 aromatic rings. The van der Waals surface area contributed by atoms with Crippen molar-refractivity contribution in [2.24, 2.45) is 23.0 Å². The lowest BCUT2D eigenvalue weighted by Crippen LogP contribution is -2.03. The Balaban J connectivity index is 2.73. The molecule has 1 rings (SSSR count). The number of allylic oxidation sites excluding steroid dienone is 2. The minimum Gasteiger partial charge on any atom is -0.481 e. The van der Waals surface area contributed by atoms with Crippen molar-refractivity contribution in [1.29, 1.82) is 0 Å². The summed E-state index contributed by atoms with van der Waals surface area (Å²) in [6.07, 6.45) is 1.85. The topological polar surface area (TPSA) is 63.3 Å². The SMILES string of the molecule is C/C(N)=C\C1C(C(=O)O)C1(C)C. The van der Waals surface area contributed by atoms with Gasteiger partial charge in [0, 0.05) is 5.70 Å². The zero-order chi connectivity index (χ0) is 9.52. The molecule has 1 aliphatic carbocycles. The summed E-state index contributed by atoms with van der Waals surface area (Å²) in [6.45, 7) is 5.69. The van der Waals surface area contributed by atoms with Gasteiger partial charge in [0.05, 0.1) is 5.92 Å². The number of carboxylic acid groups (broad SMARTS) is 1. The predicted molar refractivity (Wildman–Crippen MR) is 46.3 cm³/mol. The van der Waals surface area contributed by atoms with Crippen molar-refractivity contribution in [3.05, 3.63) is 11.8 Å². The Morgan fingerprint density at radius 3 is 2.33 bits per heavy atom. The fraction of sp³-hybridized carbons (Fsp3) is 0.667. The number of aliphatic carboxylic acids is 1. The second-order valence-electron chi connectivity index (χ2n) is 4.07. The van der Waals surface area contributed by atoms with Crippen molar-refractivity contribution in [3.8, 4) is 0 Å². The maximum absolute atomic E-state index is 10.7. The summed E-state index contributed by atoms with van der Waals surface area (Å²) in [5, 5.41) is 8.80. The van der Waals surface area contributed by atoms with Gasteiger partial charge in [0.2, 0.25) is 0 Å². The van der Waals surface area contributed by atoms with Gasteiger partial charge in [-0.25, -0.2) is 0 Å². The first-order valence-corrected chi connectivity index (χ1v) is 4.04. The van der Waals surface area contributed by atoms with Gasteiger partial charge in [0.25, 0.3) is 0 Å². The average molecular weight is 169 g/mol. The molecule has 2 atom stereocenters. The molecule has 3 heteroatoms. The average Bonchev–Trinajstić information content (AvgIpc) is 2.32. The van der Waals surface area contributed by atoms with E-state index in [0.717, 1.165) is 0 Å². The number of nitrogens with two attached hydrogens (primary N) is 1. The molecule has 1 fully saturated rings. The summed E-state index contributed by atoms with van der Waals surface area (Å²) in [4.78, 5) is 10.7. The Labute approximate surface area is 72.3 Å². The van der Waals surface area contributed by atoms with Crippen LogP contribution in [-0.2, 0) is 4.79 Å². The first kappa shape index (κ1) is 9.10. The number of carboxylic acids is 1. The van der Waals surface area contributed by atoms with Gasteiger partial charge < -0.3 is 10.8 Å². The highest BCUT2D eigenvalue weighted by atomic mass is 16.4. The smallest absolute Gasteiger partial charge is 0.307 e. The predicted octanol–water partition coefficient (Wildman–Crippen LogP) is 1.21.